The van der Waals surface area contributed by atoms with Gasteiger partial charge in [0.1, 0.15) is 5.82 Å². The van der Waals surface area contributed by atoms with Gasteiger partial charge in [0.05, 0.1) is 0 Å². The summed E-state index contributed by atoms with van der Waals surface area (Å²) in [5, 5.41) is 2.11. The molecular formula is C16H16FNOS. The molecule has 0 spiro atoms. The Hall–Kier alpha value is -1.68. The van der Waals surface area contributed by atoms with E-state index in [4.69, 9.17) is 0 Å². The van der Waals surface area contributed by atoms with Crippen LogP contribution >= 0.6 is 11.3 Å². The van der Waals surface area contributed by atoms with Crippen molar-refractivity contribution >= 4 is 22.8 Å². The first-order valence-corrected chi connectivity index (χ1v) is 7.55. The lowest BCUT2D eigenvalue weighted by atomic mass is 10.0. The van der Waals surface area contributed by atoms with Gasteiger partial charge in [0.15, 0.2) is 5.78 Å². The number of aryl methyl sites for hydroxylation is 1. The third kappa shape index (κ3) is 2.24. The average Bonchev–Trinajstić information content (AvgIpc) is 2.88. The van der Waals surface area contributed by atoms with E-state index in [1.54, 1.807) is 24.3 Å². The third-order valence-electron chi connectivity index (χ3n) is 3.80. The molecule has 2 nitrogen and oxygen atoms in total. The summed E-state index contributed by atoms with van der Waals surface area (Å²) in [5.74, 6) is -0.401. The molecule has 0 radical (unpaired) electrons. The molecule has 1 aromatic heterocycles. The number of nitrogens with zero attached hydrogens (tertiary/aromatic N) is 1. The van der Waals surface area contributed by atoms with E-state index in [1.165, 1.54) is 23.4 Å². The summed E-state index contributed by atoms with van der Waals surface area (Å²) in [6, 6.07) is 5.30. The van der Waals surface area contributed by atoms with Gasteiger partial charge in [-0.1, -0.05) is 0 Å². The quantitative estimate of drug-likeness (QED) is 0.780. The number of thiophene rings is 1. The molecule has 0 bridgehead atoms. The standard InChI is InChI=1S/C16H16FNOS/c1-10-7-15(13(11(2)19)8-14(10)17)18-5-3-16-12(9-18)4-6-20-16/h4,6-8H,3,5,9H2,1-2H3. The van der Waals surface area contributed by atoms with Crippen LogP contribution in [0.2, 0.25) is 0 Å². The molecule has 0 unspecified atom stereocenters. The molecule has 20 heavy (non-hydrogen) atoms. The van der Waals surface area contributed by atoms with Crippen molar-refractivity contribution in [2.75, 3.05) is 11.4 Å². The normalized spacial score (nSPS) is 14.2. The molecule has 0 fully saturated rings. The first-order valence-electron chi connectivity index (χ1n) is 6.67. The van der Waals surface area contributed by atoms with Gasteiger partial charge < -0.3 is 4.90 Å². The SMILES string of the molecule is CC(=O)c1cc(F)c(C)cc1N1CCc2sccc2C1. The van der Waals surface area contributed by atoms with Gasteiger partial charge in [0.25, 0.3) is 0 Å². The molecule has 0 saturated carbocycles. The number of Topliss-reactive ketones (excluding diaryl/α,β-unsaturated/α-hetero) is 1. The fraction of sp³-hybridized carbons (Fsp3) is 0.312. The molecule has 0 amide bonds. The lowest BCUT2D eigenvalue weighted by Gasteiger charge is -2.30. The minimum atomic E-state index is -0.313. The molecule has 1 aliphatic rings. The zero-order valence-electron chi connectivity index (χ0n) is 11.6. The Labute approximate surface area is 121 Å². The maximum absolute atomic E-state index is 13.7. The van der Waals surface area contributed by atoms with Crippen LogP contribution in [-0.2, 0) is 13.0 Å². The summed E-state index contributed by atoms with van der Waals surface area (Å²) in [6.07, 6.45) is 0.987. The minimum Gasteiger partial charge on any atom is -0.366 e. The summed E-state index contributed by atoms with van der Waals surface area (Å²) in [6.45, 7) is 4.90. The van der Waals surface area contributed by atoms with Crippen LogP contribution in [0.25, 0.3) is 0 Å². The Morgan fingerprint density at radius 1 is 1.40 bits per heavy atom. The fourth-order valence-corrected chi connectivity index (χ4v) is 3.55. The second kappa shape index (κ2) is 5.02. The molecule has 2 aromatic rings. The van der Waals surface area contributed by atoms with Gasteiger partial charge in [0, 0.05) is 29.2 Å². The Bertz CT molecular complexity index is 677. The maximum atomic E-state index is 13.7. The first-order chi connectivity index (χ1) is 9.56. The monoisotopic (exact) mass is 289 g/mol. The van der Waals surface area contributed by atoms with E-state index in [0.29, 0.717) is 11.1 Å². The first kappa shape index (κ1) is 13.3. The van der Waals surface area contributed by atoms with Crippen LogP contribution < -0.4 is 4.90 Å². The number of carbonyl (C=O) groups excluding carboxylic acids is 1. The van der Waals surface area contributed by atoms with Crippen LogP contribution in [0.4, 0.5) is 10.1 Å². The highest BCUT2D eigenvalue weighted by Crippen LogP contribution is 2.31. The zero-order valence-corrected chi connectivity index (χ0v) is 12.4. The highest BCUT2D eigenvalue weighted by molar-refractivity contribution is 7.10. The van der Waals surface area contributed by atoms with Crippen LogP contribution in [0.1, 0.15) is 33.3 Å². The van der Waals surface area contributed by atoms with Crippen molar-refractivity contribution in [2.45, 2.75) is 26.8 Å². The molecule has 1 aliphatic heterocycles. The van der Waals surface area contributed by atoms with Crippen molar-refractivity contribution in [3.05, 3.63) is 51.0 Å². The lowest BCUT2D eigenvalue weighted by Crippen LogP contribution is -2.30. The number of benzene rings is 1. The molecule has 0 N–H and O–H groups in total. The number of hydrogen-bond donors (Lipinski definition) is 0. The van der Waals surface area contributed by atoms with E-state index in [2.05, 4.69) is 16.3 Å². The Kier molecular flexibility index (Phi) is 3.34. The highest BCUT2D eigenvalue weighted by Gasteiger charge is 2.22. The molecule has 0 atom stereocenters. The van der Waals surface area contributed by atoms with Gasteiger partial charge >= 0.3 is 0 Å². The number of carbonyl (C=O) groups is 1. The van der Waals surface area contributed by atoms with Crippen molar-refractivity contribution in [3.63, 3.8) is 0 Å². The van der Waals surface area contributed by atoms with Crippen LogP contribution in [0.5, 0.6) is 0 Å². The van der Waals surface area contributed by atoms with E-state index in [1.807, 2.05) is 0 Å². The zero-order chi connectivity index (χ0) is 14.3. The van der Waals surface area contributed by atoms with E-state index in [-0.39, 0.29) is 11.6 Å². The van der Waals surface area contributed by atoms with Crippen molar-refractivity contribution in [1.82, 2.24) is 0 Å². The maximum Gasteiger partial charge on any atom is 0.161 e. The smallest absolute Gasteiger partial charge is 0.161 e. The summed E-state index contributed by atoms with van der Waals surface area (Å²) < 4.78 is 13.7. The van der Waals surface area contributed by atoms with Gasteiger partial charge in [-0.3, -0.25) is 4.79 Å². The Morgan fingerprint density at radius 3 is 2.95 bits per heavy atom. The third-order valence-corrected chi connectivity index (χ3v) is 4.83. The fourth-order valence-electron chi connectivity index (χ4n) is 2.66. The highest BCUT2D eigenvalue weighted by atomic mass is 32.1. The van der Waals surface area contributed by atoms with Crippen molar-refractivity contribution in [1.29, 1.82) is 0 Å². The van der Waals surface area contributed by atoms with Gasteiger partial charge in [-0.2, -0.15) is 0 Å². The second-order valence-corrected chi connectivity index (χ2v) is 6.22. The molecule has 1 aromatic carbocycles. The molecule has 4 heteroatoms. The number of anilines is 1. The minimum absolute atomic E-state index is 0.0879. The second-order valence-electron chi connectivity index (χ2n) is 5.22. The summed E-state index contributed by atoms with van der Waals surface area (Å²) in [7, 11) is 0. The van der Waals surface area contributed by atoms with E-state index < -0.39 is 0 Å². The van der Waals surface area contributed by atoms with Gasteiger partial charge in [-0.15, -0.1) is 11.3 Å². The Morgan fingerprint density at radius 2 is 2.20 bits per heavy atom. The van der Waals surface area contributed by atoms with E-state index >= 15 is 0 Å². The summed E-state index contributed by atoms with van der Waals surface area (Å²) in [4.78, 5) is 15.4. The summed E-state index contributed by atoms with van der Waals surface area (Å²) in [5.41, 5.74) is 3.24. The molecule has 0 aliphatic carbocycles. The van der Waals surface area contributed by atoms with Crippen LogP contribution in [0.15, 0.2) is 23.6 Å². The summed E-state index contributed by atoms with van der Waals surface area (Å²) >= 11 is 1.79. The molecule has 3 rings (SSSR count). The predicted octanol–water partition coefficient (Wildman–Crippen LogP) is 3.96. The van der Waals surface area contributed by atoms with Crippen LogP contribution in [-0.4, -0.2) is 12.3 Å². The molecular weight excluding hydrogens is 273 g/mol. The average molecular weight is 289 g/mol. The van der Waals surface area contributed by atoms with Gasteiger partial charge in [-0.25, -0.2) is 4.39 Å². The van der Waals surface area contributed by atoms with E-state index in [9.17, 15) is 9.18 Å². The Balaban J connectivity index is 2.02. The molecule has 104 valence electrons. The topological polar surface area (TPSA) is 20.3 Å². The van der Waals surface area contributed by atoms with E-state index in [0.717, 1.165) is 25.2 Å². The molecule has 2 heterocycles. The number of fused-ring (bicyclic) bond motifs is 1. The van der Waals surface area contributed by atoms with Gasteiger partial charge in [-0.05, 0) is 55.0 Å². The number of halogens is 1. The van der Waals surface area contributed by atoms with Crippen LogP contribution in [0.3, 0.4) is 0 Å². The number of ketones is 1. The van der Waals surface area contributed by atoms with Crippen molar-refractivity contribution in [3.8, 4) is 0 Å². The van der Waals surface area contributed by atoms with Crippen molar-refractivity contribution < 1.29 is 9.18 Å². The molecule has 0 saturated heterocycles. The predicted molar refractivity (Wildman–Crippen MR) is 80.2 cm³/mol. The van der Waals surface area contributed by atoms with Crippen LogP contribution in [0, 0.1) is 12.7 Å². The number of hydrogen-bond acceptors (Lipinski definition) is 3. The van der Waals surface area contributed by atoms with Gasteiger partial charge in [0.2, 0.25) is 0 Å². The lowest BCUT2D eigenvalue weighted by molar-refractivity contribution is 0.101. The largest absolute Gasteiger partial charge is 0.366 e. The number of rotatable bonds is 2. The van der Waals surface area contributed by atoms with Crippen molar-refractivity contribution in [2.24, 2.45) is 0 Å².